The molecule has 94 valence electrons. The summed E-state index contributed by atoms with van der Waals surface area (Å²) >= 11 is 0. The molecule has 1 heterocycles. The Kier molecular flexibility index (Phi) is 3.46. The molecule has 0 aliphatic carbocycles. The van der Waals surface area contributed by atoms with Gasteiger partial charge in [-0.05, 0) is 12.5 Å². The Labute approximate surface area is 100 Å². The number of nitrogens with zero attached hydrogens (tertiary/aromatic N) is 1. The molecule has 0 spiro atoms. The Bertz CT molecular complexity index is 504. The highest BCUT2D eigenvalue weighted by atomic mass is 32.2. The predicted octanol–water partition coefficient (Wildman–Crippen LogP) is 0.688. The minimum absolute atomic E-state index is 0.0888. The lowest BCUT2D eigenvalue weighted by Gasteiger charge is -2.16. The van der Waals surface area contributed by atoms with Crippen molar-refractivity contribution in [1.82, 2.24) is 4.31 Å². The van der Waals surface area contributed by atoms with E-state index in [1.165, 1.54) is 10.4 Å². The highest BCUT2D eigenvalue weighted by Gasteiger charge is 2.37. The maximum atomic E-state index is 13.4. The lowest BCUT2D eigenvalue weighted by atomic mass is 10.2. The van der Waals surface area contributed by atoms with Gasteiger partial charge in [-0.15, -0.1) is 0 Å². The third-order valence-corrected chi connectivity index (χ3v) is 5.35. The molecule has 1 aromatic carbocycles. The van der Waals surface area contributed by atoms with Crippen LogP contribution in [0.2, 0.25) is 0 Å². The molecule has 1 atom stereocenters. The molecular formula is C11H15FN2O2S. The third-order valence-electron chi connectivity index (χ3n) is 3.05. The van der Waals surface area contributed by atoms with Crippen molar-refractivity contribution in [3.63, 3.8) is 0 Å². The van der Waals surface area contributed by atoms with E-state index in [4.69, 9.17) is 5.73 Å². The van der Waals surface area contributed by atoms with Gasteiger partial charge in [0.2, 0.25) is 10.0 Å². The average molecular weight is 258 g/mol. The fourth-order valence-electron chi connectivity index (χ4n) is 2.00. The van der Waals surface area contributed by atoms with Crippen molar-refractivity contribution in [1.29, 1.82) is 0 Å². The van der Waals surface area contributed by atoms with Crippen molar-refractivity contribution in [2.75, 3.05) is 13.1 Å². The summed E-state index contributed by atoms with van der Waals surface area (Å²) in [5, 5.41) is -0.519. The van der Waals surface area contributed by atoms with Crippen molar-refractivity contribution in [2.24, 2.45) is 5.73 Å². The van der Waals surface area contributed by atoms with Gasteiger partial charge >= 0.3 is 0 Å². The minimum Gasteiger partial charge on any atom is -0.329 e. The lowest BCUT2D eigenvalue weighted by Crippen LogP contribution is -2.33. The van der Waals surface area contributed by atoms with Gasteiger partial charge in [0.05, 0.1) is 5.25 Å². The van der Waals surface area contributed by atoms with Crippen molar-refractivity contribution in [2.45, 2.75) is 18.2 Å². The maximum absolute atomic E-state index is 13.4. The van der Waals surface area contributed by atoms with E-state index in [0.717, 1.165) is 0 Å². The van der Waals surface area contributed by atoms with Crippen LogP contribution in [0, 0.1) is 5.82 Å². The van der Waals surface area contributed by atoms with Crippen LogP contribution in [0.3, 0.4) is 0 Å². The van der Waals surface area contributed by atoms with Crippen LogP contribution in [0.4, 0.5) is 4.39 Å². The molecule has 0 radical (unpaired) electrons. The fourth-order valence-corrected chi connectivity index (χ4v) is 3.75. The first kappa shape index (κ1) is 12.5. The van der Waals surface area contributed by atoms with Crippen LogP contribution in [0.15, 0.2) is 24.3 Å². The molecule has 2 N–H and O–H groups in total. The SMILES string of the molecule is NC[C@@H]1CCN(Cc2ccccc2F)S1(=O)=O. The first-order valence-corrected chi connectivity index (χ1v) is 6.98. The van der Waals surface area contributed by atoms with E-state index in [1.54, 1.807) is 18.2 Å². The molecule has 1 saturated heterocycles. The molecule has 0 aromatic heterocycles. The minimum atomic E-state index is -3.35. The maximum Gasteiger partial charge on any atom is 0.218 e. The van der Waals surface area contributed by atoms with Crippen LogP contribution >= 0.6 is 0 Å². The zero-order chi connectivity index (χ0) is 12.5. The number of rotatable bonds is 3. The number of nitrogens with two attached hydrogens (primary N) is 1. The van der Waals surface area contributed by atoms with Crippen LogP contribution in [-0.4, -0.2) is 31.1 Å². The molecule has 1 aliphatic heterocycles. The van der Waals surface area contributed by atoms with Crippen LogP contribution in [0.1, 0.15) is 12.0 Å². The fraction of sp³-hybridized carbons (Fsp3) is 0.455. The van der Waals surface area contributed by atoms with E-state index in [0.29, 0.717) is 18.5 Å². The van der Waals surface area contributed by atoms with Gasteiger partial charge in [-0.25, -0.2) is 12.8 Å². The summed E-state index contributed by atoms with van der Waals surface area (Å²) < 4.78 is 38.7. The first-order valence-electron chi connectivity index (χ1n) is 5.48. The van der Waals surface area contributed by atoms with E-state index in [1.807, 2.05) is 0 Å². The smallest absolute Gasteiger partial charge is 0.218 e. The number of hydrogen-bond donors (Lipinski definition) is 1. The van der Waals surface area contributed by atoms with Gasteiger partial charge in [0.15, 0.2) is 0 Å². The quantitative estimate of drug-likeness (QED) is 0.867. The molecule has 1 fully saturated rings. The second-order valence-corrected chi connectivity index (χ2v) is 6.33. The summed E-state index contributed by atoms with van der Waals surface area (Å²) in [6.07, 6.45) is 0.521. The van der Waals surface area contributed by atoms with Gasteiger partial charge in [0, 0.05) is 25.2 Å². The zero-order valence-electron chi connectivity index (χ0n) is 9.34. The summed E-state index contributed by atoms with van der Waals surface area (Å²) in [7, 11) is -3.35. The van der Waals surface area contributed by atoms with Crippen molar-refractivity contribution < 1.29 is 12.8 Å². The van der Waals surface area contributed by atoms with Crippen molar-refractivity contribution in [3.8, 4) is 0 Å². The van der Waals surface area contributed by atoms with Gasteiger partial charge in [-0.2, -0.15) is 4.31 Å². The Hall–Kier alpha value is -0.980. The van der Waals surface area contributed by atoms with Gasteiger partial charge in [0.25, 0.3) is 0 Å². The highest BCUT2D eigenvalue weighted by molar-refractivity contribution is 7.90. The Morgan fingerprint density at radius 2 is 2.12 bits per heavy atom. The summed E-state index contributed by atoms with van der Waals surface area (Å²) in [4.78, 5) is 0. The molecule has 17 heavy (non-hydrogen) atoms. The molecule has 1 aromatic rings. The molecule has 0 bridgehead atoms. The summed E-state index contributed by atoms with van der Waals surface area (Å²) in [5.74, 6) is -0.376. The standard InChI is InChI=1S/C11H15FN2O2S/c12-11-4-2-1-3-9(11)8-14-6-5-10(7-13)17(14,15)16/h1-4,10H,5-8,13H2/t10-/m0/s1. The predicted molar refractivity (Wildman–Crippen MR) is 63.2 cm³/mol. The highest BCUT2D eigenvalue weighted by Crippen LogP contribution is 2.24. The molecule has 2 rings (SSSR count). The van der Waals surface area contributed by atoms with Gasteiger partial charge in [-0.1, -0.05) is 18.2 Å². The van der Waals surface area contributed by atoms with Crippen molar-refractivity contribution >= 4 is 10.0 Å². The van der Waals surface area contributed by atoms with Crippen molar-refractivity contribution in [3.05, 3.63) is 35.6 Å². The Morgan fingerprint density at radius 3 is 2.71 bits per heavy atom. The van der Waals surface area contributed by atoms with E-state index in [-0.39, 0.29) is 18.9 Å². The molecule has 0 saturated carbocycles. The zero-order valence-corrected chi connectivity index (χ0v) is 10.2. The molecule has 0 amide bonds. The van der Waals surface area contributed by atoms with Gasteiger partial charge in [-0.3, -0.25) is 0 Å². The van der Waals surface area contributed by atoms with Crippen LogP contribution in [-0.2, 0) is 16.6 Å². The topological polar surface area (TPSA) is 63.4 Å². The van der Waals surface area contributed by atoms with Crippen LogP contribution in [0.25, 0.3) is 0 Å². The third kappa shape index (κ3) is 2.34. The number of sulfonamides is 1. The van der Waals surface area contributed by atoms with Crippen LogP contribution < -0.4 is 5.73 Å². The van der Waals surface area contributed by atoms with Gasteiger partial charge < -0.3 is 5.73 Å². The second kappa shape index (κ2) is 4.72. The summed E-state index contributed by atoms with van der Waals surface area (Å²) in [6, 6.07) is 6.21. The monoisotopic (exact) mass is 258 g/mol. The molecule has 1 aliphatic rings. The van der Waals surface area contributed by atoms with E-state index >= 15 is 0 Å². The van der Waals surface area contributed by atoms with Gasteiger partial charge in [0.1, 0.15) is 5.82 Å². The lowest BCUT2D eigenvalue weighted by molar-refractivity contribution is 0.430. The largest absolute Gasteiger partial charge is 0.329 e. The van der Waals surface area contributed by atoms with E-state index in [2.05, 4.69) is 0 Å². The Balaban J connectivity index is 2.19. The number of halogens is 1. The molecule has 4 nitrogen and oxygen atoms in total. The summed E-state index contributed by atoms with van der Waals surface area (Å²) in [6.45, 7) is 0.625. The van der Waals surface area contributed by atoms with Crippen LogP contribution in [0.5, 0.6) is 0 Å². The molecule has 6 heteroatoms. The first-order chi connectivity index (χ1) is 8.05. The average Bonchev–Trinajstić information content (AvgIpc) is 2.57. The summed E-state index contributed by atoms with van der Waals surface area (Å²) in [5.41, 5.74) is 5.81. The van der Waals surface area contributed by atoms with E-state index in [9.17, 15) is 12.8 Å². The van der Waals surface area contributed by atoms with E-state index < -0.39 is 15.3 Å². The molecule has 0 unspecified atom stereocenters. The Morgan fingerprint density at radius 1 is 1.41 bits per heavy atom. The number of hydrogen-bond acceptors (Lipinski definition) is 3. The molecular weight excluding hydrogens is 243 g/mol. The second-order valence-electron chi connectivity index (χ2n) is 4.12. The number of benzene rings is 1. The normalized spacial score (nSPS) is 24.0.